The van der Waals surface area contributed by atoms with Crippen LogP contribution in [0.1, 0.15) is 57.1 Å². The summed E-state index contributed by atoms with van der Waals surface area (Å²) in [6, 6.07) is 11.9. The molecule has 2 aromatic rings. The largest absolute Gasteiger partial charge is 0.273 e. The minimum Gasteiger partial charge on any atom is -0.273 e. The Labute approximate surface area is 201 Å². The smallest absolute Gasteiger partial charge is 0.270 e. The highest BCUT2D eigenvalue weighted by molar-refractivity contribution is 6.00. The first-order valence-electron chi connectivity index (χ1n) is 10.8. The molecule has 2 amide bonds. The monoisotopic (exact) mass is 482 g/mol. The van der Waals surface area contributed by atoms with Gasteiger partial charge in [0.2, 0.25) is 11.8 Å². The summed E-state index contributed by atoms with van der Waals surface area (Å²) in [6.45, 7) is 3.28. The number of rotatable bonds is 12. The minimum absolute atomic E-state index is 0.0581. The average Bonchev–Trinajstić information content (AvgIpc) is 2.85. The summed E-state index contributed by atoms with van der Waals surface area (Å²) >= 11 is 0. The Morgan fingerprint density at radius 1 is 0.743 bits per heavy atom. The molecule has 0 saturated heterocycles. The van der Waals surface area contributed by atoms with Crippen LogP contribution in [0.3, 0.4) is 0 Å². The van der Waals surface area contributed by atoms with Gasteiger partial charge in [0, 0.05) is 48.2 Å². The van der Waals surface area contributed by atoms with Gasteiger partial charge in [-0.1, -0.05) is 30.7 Å². The topological polar surface area (TPSA) is 169 Å². The number of hydrogen-bond acceptors (Lipinski definition) is 8. The van der Waals surface area contributed by atoms with Crippen LogP contribution in [0.4, 0.5) is 11.4 Å². The van der Waals surface area contributed by atoms with E-state index in [4.69, 9.17) is 0 Å². The molecule has 0 aliphatic rings. The minimum atomic E-state index is -0.500. The van der Waals surface area contributed by atoms with Crippen LogP contribution in [0.2, 0.25) is 0 Å². The Bertz CT molecular complexity index is 1070. The lowest BCUT2D eigenvalue weighted by Crippen LogP contribution is -2.19. The molecule has 0 aliphatic heterocycles. The lowest BCUT2D eigenvalue weighted by Gasteiger charge is -2.04. The van der Waals surface area contributed by atoms with Gasteiger partial charge in [0.1, 0.15) is 0 Å². The van der Waals surface area contributed by atoms with E-state index in [-0.39, 0.29) is 36.0 Å². The molecule has 0 aliphatic carbocycles. The Hall–Kier alpha value is -4.48. The fraction of sp³-hybridized carbons (Fsp3) is 0.304. The van der Waals surface area contributed by atoms with Crippen molar-refractivity contribution in [2.75, 3.05) is 0 Å². The molecule has 12 heteroatoms. The van der Waals surface area contributed by atoms with E-state index in [9.17, 15) is 29.8 Å². The number of nitrogens with zero attached hydrogens (tertiary/aromatic N) is 4. The van der Waals surface area contributed by atoms with Crippen molar-refractivity contribution in [1.82, 2.24) is 10.9 Å². The molecule has 0 bridgehead atoms. The Kier molecular flexibility index (Phi) is 10.2. The molecule has 35 heavy (non-hydrogen) atoms. The van der Waals surface area contributed by atoms with Gasteiger partial charge < -0.3 is 0 Å². The molecular formula is C23H26N6O6. The molecule has 184 valence electrons. The number of nitro benzene ring substituents is 2. The highest BCUT2D eigenvalue weighted by atomic mass is 16.6. The summed E-state index contributed by atoms with van der Waals surface area (Å²) in [5.41, 5.74) is 6.70. The SMILES string of the molecule is CC(=NNC(=O)CCCCCC(=O)NN=C(C)c1cccc([N+](=O)[O-])c1)c1cccc([N+](=O)[O-])c1. The molecule has 2 N–H and O–H groups in total. The van der Waals surface area contributed by atoms with Crippen molar-refractivity contribution in [3.05, 3.63) is 79.9 Å². The lowest BCUT2D eigenvalue weighted by molar-refractivity contribution is -0.385. The van der Waals surface area contributed by atoms with E-state index in [0.717, 1.165) is 0 Å². The summed E-state index contributed by atoms with van der Waals surface area (Å²) in [7, 11) is 0. The highest BCUT2D eigenvalue weighted by Crippen LogP contribution is 2.14. The van der Waals surface area contributed by atoms with Gasteiger partial charge in [0.25, 0.3) is 11.4 Å². The summed E-state index contributed by atoms with van der Waals surface area (Å²) in [5.74, 6) is -0.590. The van der Waals surface area contributed by atoms with E-state index >= 15 is 0 Å². The molecule has 2 aromatic carbocycles. The van der Waals surface area contributed by atoms with E-state index in [0.29, 0.717) is 41.8 Å². The van der Waals surface area contributed by atoms with Crippen molar-refractivity contribution >= 4 is 34.6 Å². The quantitative estimate of drug-likeness (QED) is 0.201. The van der Waals surface area contributed by atoms with Gasteiger partial charge in [-0.25, -0.2) is 10.9 Å². The van der Waals surface area contributed by atoms with Gasteiger partial charge >= 0.3 is 0 Å². The molecule has 12 nitrogen and oxygen atoms in total. The molecule has 0 radical (unpaired) electrons. The van der Waals surface area contributed by atoms with Crippen molar-refractivity contribution in [3.8, 4) is 0 Å². The number of non-ortho nitro benzene ring substituents is 2. The van der Waals surface area contributed by atoms with Crippen LogP contribution in [-0.4, -0.2) is 33.1 Å². The van der Waals surface area contributed by atoms with Crippen LogP contribution in [-0.2, 0) is 9.59 Å². The van der Waals surface area contributed by atoms with E-state index in [2.05, 4.69) is 21.1 Å². The van der Waals surface area contributed by atoms with Gasteiger partial charge in [-0.3, -0.25) is 29.8 Å². The van der Waals surface area contributed by atoms with Gasteiger partial charge in [-0.2, -0.15) is 10.2 Å². The lowest BCUT2D eigenvalue weighted by atomic mass is 10.1. The average molecular weight is 482 g/mol. The van der Waals surface area contributed by atoms with E-state index in [1.165, 1.54) is 24.3 Å². The number of nitrogens with one attached hydrogen (secondary N) is 2. The van der Waals surface area contributed by atoms with Gasteiger partial charge in [0.15, 0.2) is 0 Å². The van der Waals surface area contributed by atoms with Crippen molar-refractivity contribution in [1.29, 1.82) is 0 Å². The number of hydrazone groups is 2. The van der Waals surface area contributed by atoms with Gasteiger partial charge in [0.05, 0.1) is 21.3 Å². The van der Waals surface area contributed by atoms with Gasteiger partial charge in [-0.05, 0) is 26.7 Å². The van der Waals surface area contributed by atoms with Crippen LogP contribution in [0, 0.1) is 20.2 Å². The summed E-state index contributed by atoms with van der Waals surface area (Å²) in [5, 5.41) is 29.7. The first-order valence-corrected chi connectivity index (χ1v) is 10.8. The number of nitro groups is 2. The standard InChI is InChI=1S/C23H26N6O6/c1-16(18-8-6-10-20(14-18)28(32)33)24-26-22(30)12-4-3-5-13-23(31)27-25-17(2)19-9-7-11-21(15-19)29(34)35/h6-11,14-15H,3-5,12-13H2,1-2H3,(H,26,30)(H,27,31). The third-order valence-electron chi connectivity index (χ3n) is 4.95. The molecule has 2 rings (SSSR count). The predicted molar refractivity (Wildman–Crippen MR) is 130 cm³/mol. The van der Waals surface area contributed by atoms with Crippen molar-refractivity contribution in [3.63, 3.8) is 0 Å². The maximum Gasteiger partial charge on any atom is 0.270 e. The maximum atomic E-state index is 12.0. The summed E-state index contributed by atoms with van der Waals surface area (Å²) in [4.78, 5) is 44.6. The maximum absolute atomic E-state index is 12.0. The van der Waals surface area contributed by atoms with Crippen LogP contribution >= 0.6 is 0 Å². The normalized spacial score (nSPS) is 11.6. The molecule has 0 heterocycles. The van der Waals surface area contributed by atoms with E-state index < -0.39 is 9.85 Å². The second-order valence-electron chi connectivity index (χ2n) is 7.64. The third-order valence-corrected chi connectivity index (χ3v) is 4.95. The number of hydrogen-bond donors (Lipinski definition) is 2. The zero-order valence-corrected chi connectivity index (χ0v) is 19.4. The number of benzene rings is 2. The Morgan fingerprint density at radius 2 is 1.14 bits per heavy atom. The molecular weight excluding hydrogens is 456 g/mol. The summed E-state index contributed by atoms with van der Waals surface area (Å²) < 4.78 is 0. The van der Waals surface area contributed by atoms with Crippen LogP contribution in [0.5, 0.6) is 0 Å². The fourth-order valence-corrected chi connectivity index (χ4v) is 2.97. The number of unbranched alkanes of at least 4 members (excludes halogenated alkanes) is 2. The zero-order chi connectivity index (χ0) is 25.8. The summed E-state index contributed by atoms with van der Waals surface area (Å²) in [6.07, 6.45) is 2.19. The zero-order valence-electron chi connectivity index (χ0n) is 19.4. The van der Waals surface area contributed by atoms with Gasteiger partial charge in [-0.15, -0.1) is 0 Å². The molecule has 0 unspecified atom stereocenters. The fourth-order valence-electron chi connectivity index (χ4n) is 2.97. The predicted octanol–water partition coefficient (Wildman–Crippen LogP) is 3.83. The first-order chi connectivity index (χ1) is 16.7. The molecule has 0 spiro atoms. The second-order valence-corrected chi connectivity index (χ2v) is 7.64. The number of carbonyl (C=O) groups excluding carboxylic acids is 2. The number of carbonyl (C=O) groups is 2. The van der Waals surface area contributed by atoms with Crippen molar-refractivity contribution < 1.29 is 19.4 Å². The van der Waals surface area contributed by atoms with Crippen LogP contribution in [0.15, 0.2) is 58.7 Å². The van der Waals surface area contributed by atoms with Crippen LogP contribution < -0.4 is 10.9 Å². The van der Waals surface area contributed by atoms with E-state index in [1.807, 2.05) is 0 Å². The molecule has 0 fully saturated rings. The highest BCUT2D eigenvalue weighted by Gasteiger charge is 2.09. The van der Waals surface area contributed by atoms with Crippen molar-refractivity contribution in [2.24, 2.45) is 10.2 Å². The van der Waals surface area contributed by atoms with Crippen LogP contribution in [0.25, 0.3) is 0 Å². The Balaban J connectivity index is 1.68. The van der Waals surface area contributed by atoms with Crippen molar-refractivity contribution in [2.45, 2.75) is 46.0 Å². The third kappa shape index (κ3) is 9.12. The number of amides is 2. The molecule has 0 aromatic heterocycles. The van der Waals surface area contributed by atoms with E-state index in [1.54, 1.807) is 38.1 Å². The second kappa shape index (κ2) is 13.3. The molecule has 0 saturated carbocycles. The Morgan fingerprint density at radius 3 is 1.51 bits per heavy atom. The molecule has 0 atom stereocenters. The first kappa shape index (κ1) is 26.8.